The second-order valence-electron chi connectivity index (χ2n) is 8.01. The van der Waals surface area contributed by atoms with E-state index in [9.17, 15) is 4.79 Å². The van der Waals surface area contributed by atoms with Crippen LogP contribution in [0.5, 0.6) is 0 Å². The van der Waals surface area contributed by atoms with Crippen molar-refractivity contribution >= 4 is 5.91 Å². The maximum Gasteiger partial charge on any atom is 0.243 e. The zero-order valence-corrected chi connectivity index (χ0v) is 17.1. The van der Waals surface area contributed by atoms with Crippen molar-refractivity contribution in [1.82, 2.24) is 19.8 Å². The summed E-state index contributed by atoms with van der Waals surface area (Å²) in [7, 11) is 3.97. The number of nitrogens with one attached hydrogen (secondary N) is 1. The molecule has 5 nitrogen and oxygen atoms in total. The molecule has 0 unspecified atom stereocenters. The first-order chi connectivity index (χ1) is 14.1. The molecule has 1 heterocycles. The van der Waals surface area contributed by atoms with Crippen molar-refractivity contribution in [2.24, 2.45) is 0 Å². The van der Waals surface area contributed by atoms with Gasteiger partial charge in [-0.05, 0) is 30.2 Å². The van der Waals surface area contributed by atoms with E-state index in [1.165, 1.54) is 16.7 Å². The largest absolute Gasteiger partial charge is 0.347 e. The fraction of sp³-hybridized carbons (Fsp3) is 0.333. The summed E-state index contributed by atoms with van der Waals surface area (Å²) in [4.78, 5) is 25.2. The van der Waals surface area contributed by atoms with E-state index in [0.717, 1.165) is 31.6 Å². The van der Waals surface area contributed by atoms with Crippen LogP contribution in [0.15, 0.2) is 67.0 Å². The first-order valence-electron chi connectivity index (χ1n) is 10.1. The number of nitrogens with zero attached hydrogens (tertiary/aromatic N) is 3. The van der Waals surface area contributed by atoms with Gasteiger partial charge in [-0.2, -0.15) is 0 Å². The molecule has 0 aliphatic heterocycles. The summed E-state index contributed by atoms with van der Waals surface area (Å²) in [6, 6.07) is 18.9. The minimum Gasteiger partial charge on any atom is -0.347 e. The number of fused-ring (bicyclic) bond motifs is 1. The molecule has 3 aromatic rings. The topological polar surface area (TPSA) is 52.2 Å². The fourth-order valence-electron chi connectivity index (χ4n) is 4.37. The third-order valence-electron chi connectivity index (χ3n) is 6.08. The number of benzene rings is 2. The van der Waals surface area contributed by atoms with Crippen LogP contribution in [0.4, 0.5) is 0 Å². The van der Waals surface area contributed by atoms with E-state index in [2.05, 4.69) is 70.4 Å². The highest BCUT2D eigenvalue weighted by Crippen LogP contribution is 2.36. The van der Waals surface area contributed by atoms with Crippen molar-refractivity contribution in [3.05, 3.63) is 89.5 Å². The van der Waals surface area contributed by atoms with Crippen LogP contribution >= 0.6 is 0 Å². The Morgan fingerprint density at radius 1 is 1.03 bits per heavy atom. The lowest BCUT2D eigenvalue weighted by Crippen LogP contribution is -2.59. The Hall–Kier alpha value is -2.92. The summed E-state index contributed by atoms with van der Waals surface area (Å²) in [5.41, 5.74) is 3.29. The Balaban J connectivity index is 1.57. The van der Waals surface area contributed by atoms with Crippen molar-refractivity contribution in [1.29, 1.82) is 0 Å². The Bertz CT molecular complexity index is 927. The van der Waals surface area contributed by atoms with Gasteiger partial charge < -0.3 is 9.88 Å². The maximum absolute atomic E-state index is 13.8. The van der Waals surface area contributed by atoms with Crippen LogP contribution in [0.1, 0.15) is 22.5 Å². The number of aromatic nitrogens is 2. The molecular weight excluding hydrogens is 360 g/mol. The number of likely N-dealkylation sites (N-methyl/N-ethyl adjacent to an activating group) is 2. The molecule has 0 saturated heterocycles. The van der Waals surface area contributed by atoms with E-state index in [4.69, 9.17) is 0 Å². The molecule has 1 aliphatic carbocycles. The van der Waals surface area contributed by atoms with Crippen molar-refractivity contribution in [3.8, 4) is 0 Å². The van der Waals surface area contributed by atoms with Crippen LogP contribution < -0.4 is 0 Å². The second kappa shape index (κ2) is 8.21. The molecule has 4 rings (SSSR count). The second-order valence-corrected chi connectivity index (χ2v) is 8.01. The molecule has 0 radical (unpaired) electrons. The number of amides is 1. The summed E-state index contributed by atoms with van der Waals surface area (Å²) in [5.74, 6) is 0.958. The van der Waals surface area contributed by atoms with E-state index >= 15 is 0 Å². The predicted molar refractivity (Wildman–Crippen MR) is 114 cm³/mol. The number of aromatic amines is 1. The maximum atomic E-state index is 13.8. The summed E-state index contributed by atoms with van der Waals surface area (Å²) in [5, 5.41) is 0. The van der Waals surface area contributed by atoms with Gasteiger partial charge in [-0.25, -0.2) is 4.98 Å². The fourth-order valence-corrected chi connectivity index (χ4v) is 4.37. The zero-order chi connectivity index (χ0) is 20.3. The van der Waals surface area contributed by atoms with Crippen molar-refractivity contribution in [2.75, 3.05) is 20.6 Å². The molecule has 5 heteroatoms. The number of hydrogen-bond acceptors (Lipinski definition) is 3. The highest BCUT2D eigenvalue weighted by molar-refractivity contribution is 5.88. The monoisotopic (exact) mass is 388 g/mol. The lowest BCUT2D eigenvalue weighted by atomic mass is 9.91. The third-order valence-corrected chi connectivity index (χ3v) is 6.08. The van der Waals surface area contributed by atoms with Gasteiger partial charge in [0.2, 0.25) is 5.91 Å². The molecular formula is C24H28N4O. The minimum atomic E-state index is -0.556. The van der Waals surface area contributed by atoms with E-state index < -0.39 is 5.54 Å². The Morgan fingerprint density at radius 3 is 2.31 bits per heavy atom. The predicted octanol–water partition coefficient (Wildman–Crippen LogP) is 3.08. The van der Waals surface area contributed by atoms with E-state index in [1.807, 2.05) is 18.0 Å². The molecule has 1 N–H and O–H groups in total. The summed E-state index contributed by atoms with van der Waals surface area (Å²) >= 11 is 0. The average molecular weight is 389 g/mol. The van der Waals surface area contributed by atoms with Crippen molar-refractivity contribution < 1.29 is 4.79 Å². The van der Waals surface area contributed by atoms with Gasteiger partial charge in [0, 0.05) is 38.8 Å². The molecule has 0 spiro atoms. The molecule has 150 valence electrons. The molecule has 0 saturated carbocycles. The number of imidazole rings is 1. The molecule has 1 amide bonds. The quantitative estimate of drug-likeness (QED) is 0.677. The smallest absolute Gasteiger partial charge is 0.243 e. The number of carbonyl (C=O) groups excluding carboxylic acids is 1. The Morgan fingerprint density at radius 2 is 1.69 bits per heavy atom. The van der Waals surface area contributed by atoms with Crippen LogP contribution in [0.25, 0.3) is 0 Å². The third kappa shape index (κ3) is 3.96. The zero-order valence-electron chi connectivity index (χ0n) is 17.1. The lowest BCUT2D eigenvalue weighted by Gasteiger charge is -2.40. The minimum absolute atomic E-state index is 0.153. The van der Waals surface area contributed by atoms with Crippen LogP contribution in [-0.2, 0) is 30.6 Å². The standard InChI is InChI=1S/C24H28N4O/c1-27(18-22-25-13-14-26-22)23(29)24(16-20-10-6-7-11-21(20)17-24)28(2)15-12-19-8-4-3-5-9-19/h3-11,13-14H,12,15-18H2,1-2H3,(H,25,26). The first-order valence-corrected chi connectivity index (χ1v) is 10.1. The van der Waals surface area contributed by atoms with Crippen LogP contribution in [0.3, 0.4) is 0 Å². The molecule has 29 heavy (non-hydrogen) atoms. The molecule has 0 atom stereocenters. The number of H-pyrrole nitrogens is 1. The Labute approximate surface area is 172 Å². The van der Waals surface area contributed by atoms with Gasteiger partial charge >= 0.3 is 0 Å². The number of hydrogen-bond donors (Lipinski definition) is 1. The van der Waals surface area contributed by atoms with Crippen LogP contribution in [0, 0.1) is 0 Å². The van der Waals surface area contributed by atoms with Crippen molar-refractivity contribution in [2.45, 2.75) is 31.3 Å². The lowest BCUT2D eigenvalue weighted by molar-refractivity contribution is -0.143. The molecule has 0 fully saturated rings. The van der Waals surface area contributed by atoms with E-state index in [1.54, 1.807) is 12.4 Å². The molecule has 2 aromatic carbocycles. The van der Waals surface area contributed by atoms with Gasteiger partial charge in [0.05, 0.1) is 6.54 Å². The normalized spacial score (nSPS) is 14.7. The average Bonchev–Trinajstić information content (AvgIpc) is 3.40. The van der Waals surface area contributed by atoms with Gasteiger partial charge in [-0.1, -0.05) is 54.6 Å². The van der Waals surface area contributed by atoms with Gasteiger partial charge in [0.1, 0.15) is 11.4 Å². The van der Waals surface area contributed by atoms with Crippen molar-refractivity contribution in [3.63, 3.8) is 0 Å². The number of carbonyl (C=O) groups is 1. The van der Waals surface area contributed by atoms with Crippen LogP contribution in [-0.4, -0.2) is 51.9 Å². The van der Waals surface area contributed by atoms with Gasteiger partial charge in [0.15, 0.2) is 0 Å². The molecule has 0 bridgehead atoms. The Kier molecular flexibility index (Phi) is 5.49. The highest BCUT2D eigenvalue weighted by atomic mass is 16.2. The number of rotatable bonds is 7. The van der Waals surface area contributed by atoms with Crippen LogP contribution in [0.2, 0.25) is 0 Å². The molecule has 1 aromatic heterocycles. The first kappa shape index (κ1) is 19.4. The van der Waals surface area contributed by atoms with E-state index in [-0.39, 0.29) is 5.91 Å². The summed E-state index contributed by atoms with van der Waals surface area (Å²) in [6.07, 6.45) is 5.93. The van der Waals surface area contributed by atoms with Gasteiger partial charge in [-0.15, -0.1) is 0 Å². The van der Waals surface area contributed by atoms with Gasteiger partial charge in [0.25, 0.3) is 0 Å². The van der Waals surface area contributed by atoms with E-state index in [0.29, 0.717) is 6.54 Å². The highest BCUT2D eigenvalue weighted by Gasteiger charge is 2.48. The SMILES string of the molecule is CN(Cc1ncc[nH]1)C(=O)C1(N(C)CCc2ccccc2)Cc2ccccc2C1. The molecule has 1 aliphatic rings. The summed E-state index contributed by atoms with van der Waals surface area (Å²) in [6.45, 7) is 1.31. The summed E-state index contributed by atoms with van der Waals surface area (Å²) < 4.78 is 0. The van der Waals surface area contributed by atoms with Gasteiger partial charge in [-0.3, -0.25) is 9.69 Å².